The number of hydrogen-bond acceptors (Lipinski definition) is 5. The molecule has 1 aromatic carbocycles. The summed E-state index contributed by atoms with van der Waals surface area (Å²) >= 11 is 0. The van der Waals surface area contributed by atoms with Crippen LogP contribution in [0.15, 0.2) is 30.3 Å². The molecule has 7 heteroatoms. The zero-order valence-electron chi connectivity index (χ0n) is 14.3. The lowest BCUT2D eigenvalue weighted by Gasteiger charge is -2.18. The minimum atomic E-state index is -0.315. The molecule has 1 saturated heterocycles. The third-order valence-electron chi connectivity index (χ3n) is 4.08. The topological polar surface area (TPSA) is 67.3 Å². The van der Waals surface area contributed by atoms with Gasteiger partial charge in [-0.2, -0.15) is 0 Å². The van der Waals surface area contributed by atoms with Crippen molar-refractivity contribution in [1.82, 2.24) is 14.9 Å². The third-order valence-corrected chi connectivity index (χ3v) is 4.08. The van der Waals surface area contributed by atoms with Crippen molar-refractivity contribution in [1.29, 1.82) is 0 Å². The van der Waals surface area contributed by atoms with E-state index in [0.717, 1.165) is 11.3 Å². The Morgan fingerprint density at radius 3 is 2.80 bits per heavy atom. The predicted molar refractivity (Wildman–Crippen MR) is 91.3 cm³/mol. The van der Waals surface area contributed by atoms with Gasteiger partial charge >= 0.3 is 0 Å². The van der Waals surface area contributed by atoms with Gasteiger partial charge in [-0.05, 0) is 31.0 Å². The largest absolute Gasteiger partial charge is 0.377 e. The van der Waals surface area contributed by atoms with Crippen LogP contribution in [-0.4, -0.2) is 40.5 Å². The van der Waals surface area contributed by atoms with Crippen LogP contribution in [-0.2, 0) is 22.7 Å². The number of ether oxygens (including phenoxy) is 1. The summed E-state index contributed by atoms with van der Waals surface area (Å²) in [6, 6.07) is 7.72. The Morgan fingerprint density at radius 1 is 1.32 bits per heavy atom. The highest BCUT2D eigenvalue weighted by Gasteiger charge is 2.31. The molecule has 0 spiro atoms. The Balaban J connectivity index is 1.65. The van der Waals surface area contributed by atoms with Crippen molar-refractivity contribution in [2.45, 2.75) is 32.5 Å². The standard InChI is InChI=1S/C18H21FN4O2/c1-12-9-16(22-17(20-12)11-25-2)21-15-7-8-23(18(15)24)10-13-3-5-14(19)6-4-13/h3-6,9,15H,7-8,10-11H2,1-2H3,(H,20,21,22). The van der Waals surface area contributed by atoms with Crippen molar-refractivity contribution in [3.8, 4) is 0 Å². The first-order valence-corrected chi connectivity index (χ1v) is 8.18. The minimum Gasteiger partial charge on any atom is -0.377 e. The number of hydrogen-bond donors (Lipinski definition) is 1. The van der Waals surface area contributed by atoms with E-state index in [1.54, 1.807) is 24.1 Å². The molecule has 1 fully saturated rings. The molecule has 2 aromatic rings. The van der Waals surface area contributed by atoms with E-state index in [9.17, 15) is 9.18 Å². The maximum absolute atomic E-state index is 13.0. The minimum absolute atomic E-state index is 0.0221. The van der Waals surface area contributed by atoms with Gasteiger partial charge in [0.15, 0.2) is 5.82 Å². The zero-order chi connectivity index (χ0) is 17.8. The maximum atomic E-state index is 13.0. The second kappa shape index (κ2) is 7.57. The lowest BCUT2D eigenvalue weighted by molar-refractivity contribution is -0.128. The van der Waals surface area contributed by atoms with Crippen molar-refractivity contribution in [2.24, 2.45) is 0 Å². The van der Waals surface area contributed by atoms with Crippen LogP contribution in [0, 0.1) is 12.7 Å². The molecule has 0 radical (unpaired) electrons. The monoisotopic (exact) mass is 344 g/mol. The zero-order valence-corrected chi connectivity index (χ0v) is 14.3. The van der Waals surface area contributed by atoms with Crippen LogP contribution in [0.4, 0.5) is 10.2 Å². The average Bonchev–Trinajstić information content (AvgIpc) is 2.90. The second-order valence-corrected chi connectivity index (χ2v) is 6.12. The number of nitrogens with one attached hydrogen (secondary N) is 1. The number of anilines is 1. The third kappa shape index (κ3) is 4.30. The number of carbonyl (C=O) groups is 1. The van der Waals surface area contributed by atoms with E-state index in [1.165, 1.54) is 12.1 Å². The SMILES string of the molecule is COCc1nc(C)cc(NC2CCN(Cc3ccc(F)cc3)C2=O)n1. The van der Waals surface area contributed by atoms with Gasteiger partial charge in [-0.1, -0.05) is 12.1 Å². The smallest absolute Gasteiger partial charge is 0.245 e. The molecular formula is C18H21FN4O2. The van der Waals surface area contributed by atoms with Crippen LogP contribution < -0.4 is 5.32 Å². The van der Waals surface area contributed by atoms with E-state index in [-0.39, 0.29) is 17.8 Å². The summed E-state index contributed by atoms with van der Waals surface area (Å²) in [6.45, 7) is 3.34. The van der Waals surface area contributed by atoms with Crippen molar-refractivity contribution < 1.29 is 13.9 Å². The molecule has 0 bridgehead atoms. The molecule has 1 aromatic heterocycles. The normalized spacial score (nSPS) is 17.2. The first-order valence-electron chi connectivity index (χ1n) is 8.18. The summed E-state index contributed by atoms with van der Waals surface area (Å²) in [6.07, 6.45) is 0.697. The lowest BCUT2D eigenvalue weighted by atomic mass is 10.2. The maximum Gasteiger partial charge on any atom is 0.245 e. The number of likely N-dealkylation sites (tertiary alicyclic amines) is 1. The summed E-state index contributed by atoms with van der Waals surface area (Å²) in [4.78, 5) is 23.0. The van der Waals surface area contributed by atoms with Gasteiger partial charge in [-0.25, -0.2) is 14.4 Å². The Labute approximate surface area is 146 Å². The molecule has 25 heavy (non-hydrogen) atoms. The number of aryl methyl sites for hydroxylation is 1. The van der Waals surface area contributed by atoms with Gasteiger partial charge in [0.25, 0.3) is 0 Å². The fraction of sp³-hybridized carbons (Fsp3) is 0.389. The molecule has 0 saturated carbocycles. The average molecular weight is 344 g/mol. The van der Waals surface area contributed by atoms with Crippen LogP contribution >= 0.6 is 0 Å². The molecule has 1 unspecified atom stereocenters. The lowest BCUT2D eigenvalue weighted by Crippen LogP contribution is -2.33. The quantitative estimate of drug-likeness (QED) is 0.871. The highest BCUT2D eigenvalue weighted by atomic mass is 19.1. The second-order valence-electron chi connectivity index (χ2n) is 6.12. The number of rotatable bonds is 6. The molecule has 2 heterocycles. The first-order chi connectivity index (χ1) is 12.0. The van der Waals surface area contributed by atoms with Gasteiger partial charge in [0.1, 0.15) is 24.3 Å². The van der Waals surface area contributed by atoms with Crippen LogP contribution in [0.2, 0.25) is 0 Å². The Kier molecular flexibility index (Phi) is 5.23. The fourth-order valence-corrected chi connectivity index (χ4v) is 2.92. The van der Waals surface area contributed by atoms with E-state index in [0.29, 0.717) is 37.8 Å². The molecule has 132 valence electrons. The van der Waals surface area contributed by atoms with E-state index in [1.807, 2.05) is 13.0 Å². The highest BCUT2D eigenvalue weighted by Crippen LogP contribution is 2.19. The number of benzene rings is 1. The van der Waals surface area contributed by atoms with Crippen molar-refractivity contribution in [3.05, 3.63) is 53.2 Å². The molecule has 3 rings (SSSR count). The van der Waals surface area contributed by atoms with Crippen molar-refractivity contribution >= 4 is 11.7 Å². The molecule has 1 atom stereocenters. The van der Waals surface area contributed by atoms with E-state index in [4.69, 9.17) is 4.74 Å². The summed E-state index contributed by atoms with van der Waals surface area (Å²) in [5, 5.41) is 3.20. The summed E-state index contributed by atoms with van der Waals surface area (Å²) in [5.41, 5.74) is 1.73. The molecule has 1 amide bonds. The van der Waals surface area contributed by atoms with Crippen LogP contribution in [0.25, 0.3) is 0 Å². The first kappa shape index (κ1) is 17.3. The molecular weight excluding hydrogens is 323 g/mol. The van der Waals surface area contributed by atoms with Crippen LogP contribution in [0.1, 0.15) is 23.5 Å². The molecule has 1 aliphatic rings. The Morgan fingerprint density at radius 2 is 2.08 bits per heavy atom. The Bertz CT molecular complexity index is 751. The molecule has 0 aliphatic carbocycles. The van der Waals surface area contributed by atoms with Crippen LogP contribution in [0.3, 0.4) is 0 Å². The number of nitrogens with zero attached hydrogens (tertiary/aromatic N) is 3. The van der Waals surface area contributed by atoms with Gasteiger partial charge < -0.3 is 15.0 Å². The molecule has 1 aliphatic heterocycles. The number of carbonyl (C=O) groups excluding carboxylic acids is 1. The van der Waals surface area contributed by atoms with Crippen LogP contribution in [0.5, 0.6) is 0 Å². The van der Waals surface area contributed by atoms with Crippen molar-refractivity contribution in [2.75, 3.05) is 19.0 Å². The van der Waals surface area contributed by atoms with E-state index < -0.39 is 0 Å². The fourth-order valence-electron chi connectivity index (χ4n) is 2.92. The summed E-state index contributed by atoms with van der Waals surface area (Å²) < 4.78 is 18.1. The number of amides is 1. The van der Waals surface area contributed by atoms with Gasteiger partial charge in [-0.3, -0.25) is 4.79 Å². The molecule has 1 N–H and O–H groups in total. The Hall–Kier alpha value is -2.54. The van der Waals surface area contributed by atoms with E-state index >= 15 is 0 Å². The number of halogens is 1. The van der Waals surface area contributed by atoms with E-state index in [2.05, 4.69) is 15.3 Å². The van der Waals surface area contributed by atoms with Gasteiger partial charge in [0.2, 0.25) is 5.91 Å². The van der Waals surface area contributed by atoms with Gasteiger partial charge in [0.05, 0.1) is 0 Å². The number of aromatic nitrogens is 2. The highest BCUT2D eigenvalue weighted by molar-refractivity contribution is 5.86. The summed E-state index contributed by atoms with van der Waals surface area (Å²) in [7, 11) is 1.59. The van der Waals surface area contributed by atoms with Gasteiger partial charge in [0, 0.05) is 32.0 Å². The number of methoxy groups -OCH3 is 1. The van der Waals surface area contributed by atoms with Crippen molar-refractivity contribution in [3.63, 3.8) is 0 Å². The van der Waals surface area contributed by atoms with Gasteiger partial charge in [-0.15, -0.1) is 0 Å². The predicted octanol–water partition coefficient (Wildman–Crippen LogP) is 2.28. The summed E-state index contributed by atoms with van der Waals surface area (Å²) in [5.74, 6) is 0.955. The molecule has 6 nitrogen and oxygen atoms in total.